The monoisotopic (exact) mass is 340 g/mol. The Morgan fingerprint density at radius 1 is 1.25 bits per heavy atom. The van der Waals surface area contributed by atoms with Crippen LogP contribution in [0.2, 0.25) is 0 Å². The van der Waals surface area contributed by atoms with E-state index in [2.05, 4.69) is 11.1 Å². The van der Waals surface area contributed by atoms with Crippen molar-refractivity contribution in [1.29, 1.82) is 5.26 Å². The third-order valence-corrected chi connectivity index (χ3v) is 4.64. The van der Waals surface area contributed by atoms with Gasteiger partial charge in [0.25, 0.3) is 0 Å². The van der Waals surface area contributed by atoms with Crippen LogP contribution < -0.4 is 0 Å². The average molecular weight is 340 g/mol. The lowest BCUT2D eigenvalue weighted by atomic mass is 10.0. The van der Waals surface area contributed by atoms with Gasteiger partial charge in [-0.05, 0) is 38.0 Å². The molecule has 0 aliphatic rings. The maximum absolute atomic E-state index is 12.5. The summed E-state index contributed by atoms with van der Waals surface area (Å²) in [4.78, 5) is 16.9. The van der Waals surface area contributed by atoms with Gasteiger partial charge in [0.1, 0.15) is 11.1 Å². The Hall–Kier alpha value is -2.16. The molecule has 0 N–H and O–H groups in total. The van der Waals surface area contributed by atoms with Crippen molar-refractivity contribution in [3.63, 3.8) is 0 Å². The summed E-state index contributed by atoms with van der Waals surface area (Å²) in [5, 5.41) is 9.94. The van der Waals surface area contributed by atoms with E-state index >= 15 is 0 Å². The molecule has 0 atom stereocenters. The minimum atomic E-state index is 0.0398. The van der Waals surface area contributed by atoms with Crippen LogP contribution in [0.5, 0.6) is 0 Å². The highest BCUT2D eigenvalue weighted by molar-refractivity contribution is 8.00. The first-order valence-electron chi connectivity index (χ1n) is 7.59. The van der Waals surface area contributed by atoms with E-state index in [1.807, 2.05) is 45.0 Å². The van der Waals surface area contributed by atoms with Crippen molar-refractivity contribution in [3.05, 3.63) is 57.8 Å². The number of hydrogen-bond acceptors (Lipinski definition) is 5. The van der Waals surface area contributed by atoms with Gasteiger partial charge in [0, 0.05) is 12.7 Å². The average Bonchev–Trinajstić information content (AvgIpc) is 2.52. The molecule has 4 nitrogen and oxygen atoms in total. The Kier molecular flexibility index (Phi) is 6.13. The number of aryl methyl sites for hydroxylation is 3. The number of nitriles is 1. The first kappa shape index (κ1) is 18.2. The number of Topliss-reactive ketones (excluding diaryl/α,β-unsaturated/α-hetero) is 1. The molecule has 0 radical (unpaired) electrons. The summed E-state index contributed by atoms with van der Waals surface area (Å²) in [6.45, 7) is 6.19. The molecule has 2 aromatic rings. The highest BCUT2D eigenvalue weighted by Gasteiger charge is 2.14. The van der Waals surface area contributed by atoms with Gasteiger partial charge < -0.3 is 4.74 Å². The lowest BCUT2D eigenvalue weighted by molar-refractivity contribution is 0.102. The van der Waals surface area contributed by atoms with Gasteiger partial charge in [0.15, 0.2) is 5.78 Å². The van der Waals surface area contributed by atoms with E-state index < -0.39 is 0 Å². The van der Waals surface area contributed by atoms with Crippen LogP contribution in [0.1, 0.15) is 38.3 Å². The number of aromatic nitrogens is 1. The molecular formula is C19H20N2O2S. The molecule has 124 valence electrons. The van der Waals surface area contributed by atoms with Crippen molar-refractivity contribution in [2.24, 2.45) is 0 Å². The minimum Gasteiger partial charge on any atom is -0.378 e. The Morgan fingerprint density at radius 3 is 2.62 bits per heavy atom. The zero-order chi connectivity index (χ0) is 17.7. The number of thioether (sulfide) groups is 1. The Morgan fingerprint density at radius 2 is 2.00 bits per heavy atom. The minimum absolute atomic E-state index is 0.0398. The number of ether oxygens (including phenoxy) is 1. The standard InChI is InChI=1S/C19H20N2O2S/c1-12-5-6-16(13(2)7-12)18(22)11-24-19-17(9-20)14(3)8-15(21-19)10-23-4/h5-8H,10-11H2,1-4H3. The van der Waals surface area contributed by atoms with Gasteiger partial charge in [-0.3, -0.25) is 4.79 Å². The molecule has 0 spiro atoms. The van der Waals surface area contributed by atoms with Gasteiger partial charge in [-0.1, -0.05) is 35.5 Å². The zero-order valence-electron chi connectivity index (χ0n) is 14.3. The topological polar surface area (TPSA) is 63.0 Å². The SMILES string of the molecule is COCc1cc(C)c(C#N)c(SCC(=O)c2ccc(C)cc2C)n1. The van der Waals surface area contributed by atoms with Crippen molar-refractivity contribution in [2.75, 3.05) is 12.9 Å². The fraction of sp³-hybridized carbons (Fsp3) is 0.316. The molecule has 5 heteroatoms. The predicted molar refractivity (Wildman–Crippen MR) is 95.4 cm³/mol. The van der Waals surface area contributed by atoms with Crippen molar-refractivity contribution < 1.29 is 9.53 Å². The number of nitrogens with zero attached hydrogens (tertiary/aromatic N) is 2. The second-order valence-corrected chi connectivity index (χ2v) is 6.65. The smallest absolute Gasteiger partial charge is 0.173 e. The number of carbonyl (C=O) groups excluding carboxylic acids is 1. The third kappa shape index (κ3) is 4.22. The lowest BCUT2D eigenvalue weighted by Gasteiger charge is -2.10. The number of rotatable bonds is 6. The number of hydrogen-bond donors (Lipinski definition) is 0. The molecule has 0 amide bonds. The predicted octanol–water partition coefficient (Wildman–Crippen LogP) is 4.00. The lowest BCUT2D eigenvalue weighted by Crippen LogP contribution is -2.06. The second-order valence-electron chi connectivity index (χ2n) is 5.69. The summed E-state index contributed by atoms with van der Waals surface area (Å²) in [5.41, 5.74) is 4.95. The van der Waals surface area contributed by atoms with E-state index in [9.17, 15) is 10.1 Å². The molecule has 0 saturated heterocycles. The Labute approximate surface area is 146 Å². The van der Waals surface area contributed by atoms with Crippen LogP contribution in [0.15, 0.2) is 29.3 Å². The van der Waals surface area contributed by atoms with Gasteiger partial charge in [0.05, 0.1) is 23.6 Å². The molecule has 2 rings (SSSR count). The maximum atomic E-state index is 12.5. The number of methoxy groups -OCH3 is 1. The highest BCUT2D eigenvalue weighted by atomic mass is 32.2. The summed E-state index contributed by atoms with van der Waals surface area (Å²) in [6, 6.07) is 9.82. The molecule has 0 unspecified atom stereocenters. The van der Waals surface area contributed by atoms with Gasteiger partial charge in [-0.15, -0.1) is 0 Å². The van der Waals surface area contributed by atoms with Gasteiger partial charge in [-0.25, -0.2) is 4.98 Å². The largest absolute Gasteiger partial charge is 0.378 e. The molecule has 0 bridgehead atoms. The summed E-state index contributed by atoms with van der Waals surface area (Å²) in [7, 11) is 1.60. The molecule has 0 saturated carbocycles. The fourth-order valence-electron chi connectivity index (χ4n) is 2.51. The maximum Gasteiger partial charge on any atom is 0.173 e. The summed E-state index contributed by atoms with van der Waals surface area (Å²) in [5.74, 6) is 0.291. The molecule has 1 aromatic heterocycles. The van der Waals surface area contributed by atoms with Gasteiger partial charge in [-0.2, -0.15) is 5.26 Å². The highest BCUT2D eigenvalue weighted by Crippen LogP contribution is 2.25. The van der Waals surface area contributed by atoms with Crippen LogP contribution in [0.25, 0.3) is 0 Å². The first-order chi connectivity index (χ1) is 11.5. The Bertz CT molecular complexity index is 810. The van der Waals surface area contributed by atoms with Crippen LogP contribution in [0.3, 0.4) is 0 Å². The Balaban J connectivity index is 2.21. The first-order valence-corrected chi connectivity index (χ1v) is 8.57. The third-order valence-electron chi connectivity index (χ3n) is 3.66. The van der Waals surface area contributed by atoms with E-state index in [-0.39, 0.29) is 11.5 Å². The number of carbonyl (C=O) groups is 1. The van der Waals surface area contributed by atoms with Crippen LogP contribution in [-0.2, 0) is 11.3 Å². The van der Waals surface area contributed by atoms with Crippen LogP contribution in [-0.4, -0.2) is 23.6 Å². The van der Waals surface area contributed by atoms with Crippen molar-refractivity contribution >= 4 is 17.5 Å². The van der Waals surface area contributed by atoms with E-state index in [1.54, 1.807) is 7.11 Å². The quantitative estimate of drug-likeness (QED) is 0.587. The number of benzene rings is 1. The van der Waals surface area contributed by atoms with Crippen molar-refractivity contribution in [1.82, 2.24) is 4.98 Å². The molecule has 24 heavy (non-hydrogen) atoms. The molecule has 1 aromatic carbocycles. The van der Waals surface area contributed by atoms with Crippen LogP contribution in [0.4, 0.5) is 0 Å². The van der Waals surface area contributed by atoms with Crippen molar-refractivity contribution in [3.8, 4) is 6.07 Å². The molecule has 0 aliphatic carbocycles. The zero-order valence-corrected chi connectivity index (χ0v) is 15.2. The van der Waals surface area contributed by atoms with E-state index in [0.29, 0.717) is 17.2 Å². The molecule has 1 heterocycles. The number of ketones is 1. The molecule has 0 fully saturated rings. The van der Waals surface area contributed by atoms with E-state index in [4.69, 9.17) is 4.74 Å². The summed E-state index contributed by atoms with van der Waals surface area (Å²) in [6.07, 6.45) is 0. The normalized spacial score (nSPS) is 10.5. The van der Waals surface area contributed by atoms with Crippen LogP contribution in [0, 0.1) is 32.1 Å². The molecule has 0 aliphatic heterocycles. The van der Waals surface area contributed by atoms with Gasteiger partial charge in [0.2, 0.25) is 0 Å². The summed E-state index contributed by atoms with van der Waals surface area (Å²) >= 11 is 1.30. The fourth-order valence-corrected chi connectivity index (χ4v) is 3.47. The van der Waals surface area contributed by atoms with Crippen molar-refractivity contribution in [2.45, 2.75) is 32.4 Å². The summed E-state index contributed by atoms with van der Waals surface area (Å²) < 4.78 is 5.11. The second kappa shape index (κ2) is 8.09. The molecular weight excluding hydrogens is 320 g/mol. The number of pyridine rings is 1. The van der Waals surface area contributed by atoms with E-state index in [1.165, 1.54) is 11.8 Å². The van der Waals surface area contributed by atoms with Crippen LogP contribution >= 0.6 is 11.8 Å². The van der Waals surface area contributed by atoms with E-state index in [0.717, 1.165) is 27.9 Å². The van der Waals surface area contributed by atoms with Gasteiger partial charge >= 0.3 is 0 Å².